The quantitative estimate of drug-likeness (QED) is 0.745. The van der Waals surface area contributed by atoms with E-state index in [4.69, 9.17) is 10.00 Å². The average molecular weight is 224 g/mol. The van der Waals surface area contributed by atoms with Gasteiger partial charge >= 0.3 is 0 Å². The van der Waals surface area contributed by atoms with Crippen LogP contribution in [0, 0.1) is 17.2 Å². The molecule has 1 fully saturated rings. The predicted molar refractivity (Wildman–Crippen MR) is 60.6 cm³/mol. The maximum atomic E-state index is 11.5. The number of ether oxygens (including phenoxy) is 1. The van der Waals surface area contributed by atoms with Gasteiger partial charge in [0.2, 0.25) is 5.91 Å². The summed E-state index contributed by atoms with van der Waals surface area (Å²) in [5, 5.41) is 11.6. The van der Waals surface area contributed by atoms with E-state index in [1.165, 1.54) is 0 Å². The van der Waals surface area contributed by atoms with Crippen LogP contribution in [0.3, 0.4) is 0 Å². The van der Waals surface area contributed by atoms with Gasteiger partial charge in [-0.3, -0.25) is 4.79 Å². The minimum absolute atomic E-state index is 0.00785. The summed E-state index contributed by atoms with van der Waals surface area (Å²) >= 11 is 0. The van der Waals surface area contributed by atoms with Crippen LogP contribution in [0.2, 0.25) is 0 Å². The Labute approximate surface area is 97.0 Å². The Morgan fingerprint density at radius 1 is 1.69 bits per heavy atom. The van der Waals surface area contributed by atoms with E-state index in [0.717, 1.165) is 25.9 Å². The molecule has 0 aromatic rings. The molecule has 2 unspecified atom stereocenters. The summed E-state index contributed by atoms with van der Waals surface area (Å²) in [5.74, 6) is 0.0395. The maximum absolute atomic E-state index is 11.5. The number of nitriles is 1. The number of nitrogens with zero attached hydrogens (tertiary/aromatic N) is 1. The second kappa shape index (κ2) is 7.24. The average Bonchev–Trinajstić information content (AvgIpc) is 2.80. The van der Waals surface area contributed by atoms with Crippen LogP contribution >= 0.6 is 0 Å². The molecule has 0 radical (unpaired) electrons. The van der Waals surface area contributed by atoms with Crippen molar-refractivity contribution < 1.29 is 9.53 Å². The molecule has 1 aliphatic rings. The molecule has 1 saturated heterocycles. The first-order chi connectivity index (χ1) is 7.76. The topological polar surface area (TPSA) is 62.1 Å². The highest BCUT2D eigenvalue weighted by atomic mass is 16.5. The van der Waals surface area contributed by atoms with E-state index >= 15 is 0 Å². The smallest absolute Gasteiger partial charge is 0.220 e. The lowest BCUT2D eigenvalue weighted by Crippen LogP contribution is -2.31. The van der Waals surface area contributed by atoms with Crippen LogP contribution in [0.15, 0.2) is 0 Å². The van der Waals surface area contributed by atoms with E-state index in [1.54, 1.807) is 0 Å². The highest BCUT2D eigenvalue weighted by Crippen LogP contribution is 2.11. The minimum atomic E-state index is 0.00785. The monoisotopic (exact) mass is 224 g/mol. The van der Waals surface area contributed by atoms with Crippen molar-refractivity contribution in [2.75, 3.05) is 13.2 Å². The molecule has 0 aromatic carbocycles. The van der Waals surface area contributed by atoms with Crippen LogP contribution in [0.4, 0.5) is 0 Å². The molecule has 0 aromatic heterocycles. The second-order valence-electron chi connectivity index (χ2n) is 4.21. The van der Waals surface area contributed by atoms with Crippen LogP contribution in [0.1, 0.15) is 39.0 Å². The van der Waals surface area contributed by atoms with Crippen molar-refractivity contribution in [2.24, 2.45) is 5.92 Å². The van der Waals surface area contributed by atoms with Crippen LogP contribution in [0.5, 0.6) is 0 Å². The van der Waals surface area contributed by atoms with Crippen molar-refractivity contribution in [2.45, 2.75) is 45.1 Å². The first-order valence-electron chi connectivity index (χ1n) is 6.04. The number of carbonyl (C=O) groups excluding carboxylic acids is 1. The Hall–Kier alpha value is -1.08. The standard InChI is InChI=1S/C12H20N2O2/c1-2-10(8-13)5-6-12(15)14-9-11-4-3-7-16-11/h10-11H,2-7,9H2,1H3,(H,14,15). The molecule has 0 spiro atoms. The molecule has 1 heterocycles. The number of hydrogen-bond donors (Lipinski definition) is 1. The third-order valence-electron chi connectivity index (χ3n) is 2.95. The lowest BCUT2D eigenvalue weighted by molar-refractivity contribution is -0.121. The lowest BCUT2D eigenvalue weighted by Gasteiger charge is -2.11. The van der Waals surface area contributed by atoms with Crippen LogP contribution in [-0.4, -0.2) is 25.2 Å². The second-order valence-corrected chi connectivity index (χ2v) is 4.21. The third kappa shape index (κ3) is 4.63. The van der Waals surface area contributed by atoms with Gasteiger partial charge in [0.15, 0.2) is 0 Å². The third-order valence-corrected chi connectivity index (χ3v) is 2.95. The van der Waals surface area contributed by atoms with Gasteiger partial charge in [-0.25, -0.2) is 0 Å². The van der Waals surface area contributed by atoms with Crippen LogP contribution < -0.4 is 5.32 Å². The molecule has 0 saturated carbocycles. The first kappa shape index (κ1) is 13.0. The summed E-state index contributed by atoms with van der Waals surface area (Å²) in [6.45, 7) is 3.40. The molecule has 1 amide bonds. The van der Waals surface area contributed by atoms with Gasteiger partial charge in [-0.15, -0.1) is 0 Å². The molecule has 1 N–H and O–H groups in total. The zero-order chi connectivity index (χ0) is 11.8. The number of amides is 1. The maximum Gasteiger partial charge on any atom is 0.220 e. The molecule has 4 heteroatoms. The summed E-state index contributed by atoms with van der Waals surface area (Å²) in [6.07, 6.45) is 4.24. The Morgan fingerprint density at radius 3 is 3.06 bits per heavy atom. The summed E-state index contributed by atoms with van der Waals surface area (Å²) < 4.78 is 5.40. The van der Waals surface area contributed by atoms with E-state index in [9.17, 15) is 4.79 Å². The zero-order valence-corrected chi connectivity index (χ0v) is 9.87. The van der Waals surface area contributed by atoms with Crippen molar-refractivity contribution in [3.63, 3.8) is 0 Å². The molecule has 4 nitrogen and oxygen atoms in total. The SMILES string of the molecule is CCC(C#N)CCC(=O)NCC1CCCO1. The molecular weight excluding hydrogens is 204 g/mol. The molecule has 0 bridgehead atoms. The van der Waals surface area contributed by atoms with Gasteiger partial charge in [0.25, 0.3) is 0 Å². The molecule has 1 rings (SSSR count). The van der Waals surface area contributed by atoms with Crippen molar-refractivity contribution in [3.8, 4) is 6.07 Å². The van der Waals surface area contributed by atoms with Crippen molar-refractivity contribution in [1.29, 1.82) is 5.26 Å². The normalized spacial score (nSPS) is 21.4. The fraction of sp³-hybridized carbons (Fsp3) is 0.833. The fourth-order valence-corrected chi connectivity index (χ4v) is 1.79. The van der Waals surface area contributed by atoms with E-state index in [1.807, 2.05) is 6.92 Å². The molecule has 0 aliphatic carbocycles. The van der Waals surface area contributed by atoms with E-state index < -0.39 is 0 Å². The van der Waals surface area contributed by atoms with Crippen molar-refractivity contribution in [1.82, 2.24) is 5.32 Å². The van der Waals surface area contributed by atoms with E-state index in [2.05, 4.69) is 11.4 Å². The lowest BCUT2D eigenvalue weighted by atomic mass is 10.0. The summed E-state index contributed by atoms with van der Waals surface area (Å²) in [7, 11) is 0. The summed E-state index contributed by atoms with van der Waals surface area (Å²) in [4.78, 5) is 11.5. The number of carbonyl (C=O) groups is 1. The van der Waals surface area contributed by atoms with Gasteiger partial charge in [-0.1, -0.05) is 6.92 Å². The van der Waals surface area contributed by atoms with Gasteiger partial charge < -0.3 is 10.1 Å². The van der Waals surface area contributed by atoms with Gasteiger partial charge in [0.1, 0.15) is 0 Å². The predicted octanol–water partition coefficient (Wildman–Crippen LogP) is 1.61. The molecule has 16 heavy (non-hydrogen) atoms. The number of rotatable bonds is 6. The van der Waals surface area contributed by atoms with Crippen molar-refractivity contribution >= 4 is 5.91 Å². The Bertz CT molecular complexity index is 254. The largest absolute Gasteiger partial charge is 0.376 e. The van der Waals surface area contributed by atoms with E-state index in [0.29, 0.717) is 19.4 Å². The highest BCUT2D eigenvalue weighted by molar-refractivity contribution is 5.75. The van der Waals surface area contributed by atoms with Gasteiger partial charge in [0.05, 0.1) is 12.2 Å². The van der Waals surface area contributed by atoms with Crippen LogP contribution in [-0.2, 0) is 9.53 Å². The summed E-state index contributed by atoms with van der Waals surface area (Å²) in [6, 6.07) is 2.20. The minimum Gasteiger partial charge on any atom is -0.376 e. The van der Waals surface area contributed by atoms with Crippen molar-refractivity contribution in [3.05, 3.63) is 0 Å². The Morgan fingerprint density at radius 2 is 2.50 bits per heavy atom. The van der Waals surface area contributed by atoms with Gasteiger partial charge in [-0.2, -0.15) is 5.26 Å². The van der Waals surface area contributed by atoms with Gasteiger partial charge in [0, 0.05) is 25.5 Å². The fourth-order valence-electron chi connectivity index (χ4n) is 1.79. The van der Waals surface area contributed by atoms with E-state index in [-0.39, 0.29) is 17.9 Å². The zero-order valence-electron chi connectivity index (χ0n) is 9.87. The molecule has 1 aliphatic heterocycles. The Kier molecular flexibility index (Phi) is 5.87. The highest BCUT2D eigenvalue weighted by Gasteiger charge is 2.16. The van der Waals surface area contributed by atoms with Crippen LogP contribution in [0.25, 0.3) is 0 Å². The summed E-state index contributed by atoms with van der Waals surface area (Å²) in [5.41, 5.74) is 0. The molecular formula is C12H20N2O2. The number of hydrogen-bond acceptors (Lipinski definition) is 3. The number of nitrogens with one attached hydrogen (secondary N) is 1. The van der Waals surface area contributed by atoms with Gasteiger partial charge in [-0.05, 0) is 25.7 Å². The molecule has 90 valence electrons. The first-order valence-corrected chi connectivity index (χ1v) is 6.04. The Balaban J connectivity index is 2.08. The molecule has 2 atom stereocenters.